The number of hydrogen-bond donors (Lipinski definition) is 2. The Labute approximate surface area is 170 Å². The van der Waals surface area contributed by atoms with Crippen molar-refractivity contribution in [1.29, 1.82) is 0 Å². The van der Waals surface area contributed by atoms with Gasteiger partial charge in [-0.25, -0.2) is 4.39 Å². The second-order valence-corrected chi connectivity index (χ2v) is 7.46. The lowest BCUT2D eigenvalue weighted by molar-refractivity contribution is -0.114. The Bertz CT molecular complexity index is 984. The van der Waals surface area contributed by atoms with Crippen LogP contribution in [-0.4, -0.2) is 5.91 Å². The number of nitrogens with zero attached hydrogens (tertiary/aromatic N) is 1. The molecule has 1 heterocycles. The molecule has 0 saturated carbocycles. The van der Waals surface area contributed by atoms with Crippen LogP contribution < -0.4 is 16.0 Å². The summed E-state index contributed by atoms with van der Waals surface area (Å²) in [7, 11) is 0. The van der Waals surface area contributed by atoms with E-state index in [1.54, 1.807) is 0 Å². The molecular weight excluding hydrogens is 365 g/mol. The Balaban J connectivity index is 1.69. The van der Waals surface area contributed by atoms with Crippen molar-refractivity contribution in [2.75, 3.05) is 16.0 Å². The third-order valence-electron chi connectivity index (χ3n) is 5.45. The molecule has 0 spiro atoms. The van der Waals surface area contributed by atoms with Crippen LogP contribution in [0.15, 0.2) is 72.8 Å². The number of benzene rings is 3. The Kier molecular flexibility index (Phi) is 5.21. The van der Waals surface area contributed by atoms with E-state index < -0.39 is 0 Å². The summed E-state index contributed by atoms with van der Waals surface area (Å²) in [4.78, 5) is 13.6. The van der Waals surface area contributed by atoms with Gasteiger partial charge in [-0.1, -0.05) is 24.3 Å². The summed E-state index contributed by atoms with van der Waals surface area (Å²) in [6, 6.07) is 23.0. The number of nitrogens with two attached hydrogens (primary N) is 1. The van der Waals surface area contributed by atoms with E-state index in [4.69, 9.17) is 5.73 Å². The zero-order valence-corrected chi connectivity index (χ0v) is 16.3. The van der Waals surface area contributed by atoms with E-state index in [2.05, 4.69) is 34.5 Å². The number of anilines is 3. The molecule has 3 N–H and O–H groups in total. The number of hydrogen-bond acceptors (Lipinski definition) is 3. The number of nitrogen functional groups attached to an aromatic ring is 1. The summed E-state index contributed by atoms with van der Waals surface area (Å²) in [6.07, 6.45) is 1.96. The van der Waals surface area contributed by atoms with E-state index >= 15 is 0 Å². The summed E-state index contributed by atoms with van der Waals surface area (Å²) in [5, 5.41) is 2.81. The lowest BCUT2D eigenvalue weighted by atomic mass is 10.0. The number of nitrogens with one attached hydrogen (secondary N) is 1. The van der Waals surface area contributed by atoms with Crippen LogP contribution in [0.5, 0.6) is 0 Å². The minimum Gasteiger partial charge on any atom is -0.399 e. The molecule has 1 saturated heterocycles. The average Bonchev–Trinajstić information content (AvgIpc) is 3.14. The van der Waals surface area contributed by atoms with E-state index in [-0.39, 0.29) is 23.8 Å². The van der Waals surface area contributed by atoms with Crippen LogP contribution in [0.25, 0.3) is 0 Å². The van der Waals surface area contributed by atoms with Crippen molar-refractivity contribution >= 4 is 23.0 Å². The van der Waals surface area contributed by atoms with Gasteiger partial charge in [0.05, 0.1) is 12.1 Å². The van der Waals surface area contributed by atoms with Gasteiger partial charge in [-0.15, -0.1) is 0 Å². The fraction of sp³-hybridized carbons (Fsp3) is 0.208. The maximum atomic E-state index is 13.5. The lowest BCUT2D eigenvalue weighted by Crippen LogP contribution is -2.26. The van der Waals surface area contributed by atoms with Crippen molar-refractivity contribution in [1.82, 2.24) is 0 Å². The Morgan fingerprint density at radius 3 is 1.93 bits per heavy atom. The largest absolute Gasteiger partial charge is 0.399 e. The van der Waals surface area contributed by atoms with Crippen LogP contribution in [0, 0.1) is 5.82 Å². The molecule has 5 heteroatoms. The monoisotopic (exact) mass is 389 g/mol. The molecule has 29 heavy (non-hydrogen) atoms. The van der Waals surface area contributed by atoms with Crippen LogP contribution in [0.4, 0.5) is 21.5 Å². The van der Waals surface area contributed by atoms with Gasteiger partial charge >= 0.3 is 0 Å². The highest BCUT2D eigenvalue weighted by Gasteiger charge is 2.35. The van der Waals surface area contributed by atoms with Crippen molar-refractivity contribution < 1.29 is 9.18 Å². The number of carbonyl (C=O) groups is 1. The van der Waals surface area contributed by atoms with Crippen LogP contribution >= 0.6 is 0 Å². The molecule has 0 bridgehead atoms. The summed E-state index contributed by atoms with van der Waals surface area (Å²) in [6.45, 7) is 1.50. The molecule has 2 atom stereocenters. The van der Waals surface area contributed by atoms with Crippen LogP contribution in [0.2, 0.25) is 0 Å². The Morgan fingerprint density at radius 2 is 1.41 bits per heavy atom. The Morgan fingerprint density at radius 1 is 0.897 bits per heavy atom. The molecule has 0 radical (unpaired) electrons. The lowest BCUT2D eigenvalue weighted by Gasteiger charge is -2.33. The van der Waals surface area contributed by atoms with Crippen molar-refractivity contribution in [2.24, 2.45) is 0 Å². The van der Waals surface area contributed by atoms with Gasteiger partial charge in [0.1, 0.15) is 5.82 Å². The molecule has 1 amide bonds. The zero-order valence-electron chi connectivity index (χ0n) is 16.3. The van der Waals surface area contributed by atoms with Gasteiger partial charge in [0, 0.05) is 24.0 Å². The topological polar surface area (TPSA) is 58.4 Å². The molecule has 3 aromatic carbocycles. The second-order valence-electron chi connectivity index (χ2n) is 7.46. The molecule has 0 aliphatic carbocycles. The third kappa shape index (κ3) is 4.09. The molecule has 1 fully saturated rings. The van der Waals surface area contributed by atoms with Crippen LogP contribution in [-0.2, 0) is 4.79 Å². The first kappa shape index (κ1) is 19.0. The normalized spacial score (nSPS) is 18.6. The first-order valence-corrected chi connectivity index (χ1v) is 9.78. The van der Waals surface area contributed by atoms with Crippen molar-refractivity contribution in [3.05, 3.63) is 89.7 Å². The molecule has 148 valence electrons. The second kappa shape index (κ2) is 7.95. The quantitative estimate of drug-likeness (QED) is 0.584. The van der Waals surface area contributed by atoms with Gasteiger partial charge in [-0.05, 0) is 72.5 Å². The minimum absolute atomic E-state index is 0.0880. The van der Waals surface area contributed by atoms with Crippen molar-refractivity contribution in [3.8, 4) is 0 Å². The predicted octanol–water partition coefficient (Wildman–Crippen LogP) is 5.45. The van der Waals surface area contributed by atoms with E-state index in [9.17, 15) is 9.18 Å². The van der Waals surface area contributed by atoms with E-state index in [1.165, 1.54) is 30.2 Å². The predicted molar refractivity (Wildman–Crippen MR) is 115 cm³/mol. The SMILES string of the molecule is CC(=O)Nc1ccc(C2CCC(c3ccc(N)cc3)N2c2ccc(F)cc2)cc1. The van der Waals surface area contributed by atoms with Gasteiger partial charge in [-0.2, -0.15) is 0 Å². The highest BCUT2D eigenvalue weighted by Crippen LogP contribution is 2.47. The van der Waals surface area contributed by atoms with Crippen LogP contribution in [0.3, 0.4) is 0 Å². The van der Waals surface area contributed by atoms with E-state index in [0.717, 1.165) is 29.9 Å². The number of carbonyl (C=O) groups excluding carboxylic acids is 1. The first-order valence-electron chi connectivity index (χ1n) is 9.78. The van der Waals surface area contributed by atoms with E-state index in [0.29, 0.717) is 0 Å². The van der Waals surface area contributed by atoms with Gasteiger partial charge in [0.15, 0.2) is 0 Å². The highest BCUT2D eigenvalue weighted by molar-refractivity contribution is 5.88. The molecular formula is C24H24FN3O. The van der Waals surface area contributed by atoms with Gasteiger partial charge in [-0.3, -0.25) is 4.79 Å². The third-order valence-corrected chi connectivity index (χ3v) is 5.45. The highest BCUT2D eigenvalue weighted by atomic mass is 19.1. The molecule has 1 aliphatic heterocycles. The summed E-state index contributed by atoms with van der Waals surface area (Å²) >= 11 is 0. The summed E-state index contributed by atoms with van der Waals surface area (Å²) < 4.78 is 13.5. The fourth-order valence-corrected chi connectivity index (χ4v) is 4.15. The number of rotatable bonds is 4. The van der Waals surface area contributed by atoms with Crippen molar-refractivity contribution in [2.45, 2.75) is 31.8 Å². The fourth-order valence-electron chi connectivity index (χ4n) is 4.15. The Hall–Kier alpha value is -3.34. The minimum atomic E-state index is -0.242. The zero-order chi connectivity index (χ0) is 20.4. The maximum absolute atomic E-state index is 13.5. The van der Waals surface area contributed by atoms with Gasteiger partial charge < -0.3 is 16.0 Å². The van der Waals surface area contributed by atoms with E-state index in [1.807, 2.05) is 36.4 Å². The number of halogens is 1. The molecule has 3 aromatic rings. The maximum Gasteiger partial charge on any atom is 0.221 e. The smallest absolute Gasteiger partial charge is 0.221 e. The molecule has 0 aromatic heterocycles. The standard InChI is InChI=1S/C24H24FN3O/c1-16(29)27-21-10-4-18(5-11-21)24-15-14-23(17-2-8-20(26)9-3-17)28(24)22-12-6-19(25)7-13-22/h2-13,23-24H,14-15,26H2,1H3,(H,27,29). The molecule has 1 aliphatic rings. The average molecular weight is 389 g/mol. The molecule has 4 rings (SSSR count). The molecule has 2 unspecified atom stereocenters. The van der Waals surface area contributed by atoms with Crippen molar-refractivity contribution in [3.63, 3.8) is 0 Å². The summed E-state index contributed by atoms with van der Waals surface area (Å²) in [5.74, 6) is -0.330. The number of amides is 1. The van der Waals surface area contributed by atoms with Gasteiger partial charge in [0.2, 0.25) is 5.91 Å². The molecule has 4 nitrogen and oxygen atoms in total. The first-order chi connectivity index (χ1) is 14.0. The van der Waals surface area contributed by atoms with Gasteiger partial charge in [0.25, 0.3) is 0 Å². The van der Waals surface area contributed by atoms with Crippen LogP contribution in [0.1, 0.15) is 43.0 Å². The summed E-state index contributed by atoms with van der Waals surface area (Å²) in [5.41, 5.74) is 10.7.